The van der Waals surface area contributed by atoms with Gasteiger partial charge in [0.2, 0.25) is 0 Å². The van der Waals surface area contributed by atoms with Crippen LogP contribution in [-0.4, -0.2) is 37.3 Å². The maximum Gasteiger partial charge on any atom is 0.302 e. The Labute approximate surface area is 176 Å². The Morgan fingerprint density at radius 3 is 2.97 bits per heavy atom. The molecule has 1 aromatic carbocycles. The molecule has 0 aliphatic heterocycles. The Bertz CT molecular complexity index is 1320. The average Bonchev–Trinajstić information content (AvgIpc) is 3.49. The minimum atomic E-state index is -0.814. The van der Waals surface area contributed by atoms with E-state index < -0.39 is 17.7 Å². The predicted molar refractivity (Wildman–Crippen MR) is 107 cm³/mol. The van der Waals surface area contributed by atoms with Crippen LogP contribution in [0.2, 0.25) is 0 Å². The summed E-state index contributed by atoms with van der Waals surface area (Å²) >= 11 is 0. The van der Waals surface area contributed by atoms with Gasteiger partial charge in [-0.05, 0) is 60.5 Å². The molecular weight excluding hydrogens is 404 g/mol. The second-order valence-corrected chi connectivity index (χ2v) is 7.72. The molecule has 0 amide bonds. The van der Waals surface area contributed by atoms with Gasteiger partial charge >= 0.3 is 5.65 Å². The molecule has 0 saturated heterocycles. The summed E-state index contributed by atoms with van der Waals surface area (Å²) in [6.07, 6.45) is 3.85. The van der Waals surface area contributed by atoms with Crippen molar-refractivity contribution in [1.29, 1.82) is 0 Å². The third kappa shape index (κ3) is 3.58. The van der Waals surface area contributed by atoms with Gasteiger partial charge in [0.15, 0.2) is 11.7 Å². The number of nitrogens with zero attached hydrogens (tertiary/aromatic N) is 7. The summed E-state index contributed by atoms with van der Waals surface area (Å²) in [6.45, 7) is 4.02. The molecule has 4 aromatic rings. The van der Waals surface area contributed by atoms with Crippen molar-refractivity contribution in [2.24, 2.45) is 11.1 Å². The highest BCUT2D eigenvalue weighted by Gasteiger charge is 2.28. The van der Waals surface area contributed by atoms with Crippen LogP contribution in [0, 0.1) is 17.6 Å². The number of fused-ring (bicyclic) bond motifs is 2. The summed E-state index contributed by atoms with van der Waals surface area (Å²) in [5, 5.41) is 17.0. The lowest BCUT2D eigenvalue weighted by Gasteiger charge is -2.12. The molecule has 0 spiro atoms. The molecule has 0 bridgehead atoms. The molecule has 158 valence electrons. The average molecular weight is 424 g/mol. The van der Waals surface area contributed by atoms with Crippen molar-refractivity contribution in [2.45, 2.75) is 32.7 Å². The first-order valence-electron chi connectivity index (χ1n) is 10.1. The molecule has 5 rings (SSSR count). The van der Waals surface area contributed by atoms with Crippen LogP contribution in [0.15, 0.2) is 41.7 Å². The highest BCUT2D eigenvalue weighted by atomic mass is 19.1. The predicted octanol–water partition coefficient (Wildman–Crippen LogP) is 3.00. The fourth-order valence-electron chi connectivity index (χ4n) is 3.43. The Morgan fingerprint density at radius 1 is 1.32 bits per heavy atom. The quantitative estimate of drug-likeness (QED) is 0.270. The SMILES string of the molecule is CC(=NOCC1CC1)c1ccc2nn[n+](C(C)c3c(F)cc4ncccc4c3F)n2n1. The summed E-state index contributed by atoms with van der Waals surface area (Å²) in [4.78, 5) is 10.7. The Kier molecular flexibility index (Phi) is 4.76. The molecule has 1 aliphatic rings. The van der Waals surface area contributed by atoms with Crippen LogP contribution in [0.1, 0.15) is 44.0 Å². The van der Waals surface area contributed by atoms with Gasteiger partial charge < -0.3 is 4.84 Å². The zero-order valence-corrected chi connectivity index (χ0v) is 17.0. The second kappa shape index (κ2) is 7.60. The van der Waals surface area contributed by atoms with Crippen molar-refractivity contribution < 1.29 is 18.4 Å². The van der Waals surface area contributed by atoms with Gasteiger partial charge in [-0.15, -0.1) is 0 Å². The maximum atomic E-state index is 15.2. The van der Waals surface area contributed by atoms with Gasteiger partial charge in [-0.25, -0.2) is 8.78 Å². The number of pyridine rings is 1. The Balaban J connectivity index is 1.53. The molecule has 31 heavy (non-hydrogen) atoms. The minimum Gasteiger partial charge on any atom is -0.395 e. The third-order valence-corrected chi connectivity index (χ3v) is 5.41. The van der Waals surface area contributed by atoms with Crippen LogP contribution in [0.4, 0.5) is 8.78 Å². The topological polar surface area (TPSA) is 81.4 Å². The van der Waals surface area contributed by atoms with Gasteiger partial charge in [0.25, 0.3) is 0 Å². The fraction of sp³-hybridized carbons (Fsp3) is 0.333. The van der Waals surface area contributed by atoms with Crippen LogP contribution in [0.25, 0.3) is 16.6 Å². The van der Waals surface area contributed by atoms with Crippen LogP contribution >= 0.6 is 0 Å². The van der Waals surface area contributed by atoms with E-state index in [4.69, 9.17) is 4.84 Å². The summed E-state index contributed by atoms with van der Waals surface area (Å²) in [6, 6.07) is 7.05. The number of rotatable bonds is 6. The van der Waals surface area contributed by atoms with E-state index in [1.54, 1.807) is 38.1 Å². The molecule has 0 radical (unpaired) electrons. The van der Waals surface area contributed by atoms with E-state index in [1.165, 1.54) is 34.5 Å². The molecular formula is C21H20F2N7O+. The first kappa shape index (κ1) is 19.4. The fourth-order valence-corrected chi connectivity index (χ4v) is 3.43. The van der Waals surface area contributed by atoms with E-state index in [2.05, 4.69) is 25.6 Å². The zero-order valence-electron chi connectivity index (χ0n) is 17.0. The zero-order chi connectivity index (χ0) is 21.5. The minimum absolute atomic E-state index is 0.134. The van der Waals surface area contributed by atoms with Crippen LogP contribution < -0.4 is 4.80 Å². The summed E-state index contributed by atoms with van der Waals surface area (Å²) < 4.78 is 31.4. The standard InChI is InChI=1S/C21H20F2N7O/c1-12(27-31-11-14-5-6-14)17-7-8-19-25-28-29(30(19)26-17)13(2)20-16(22)10-18-15(21(20)23)4-3-9-24-18/h3-4,7-10,13-14H,5-6,11H2,1-2H3/q+1. The van der Waals surface area contributed by atoms with Crippen molar-refractivity contribution in [2.75, 3.05) is 6.61 Å². The van der Waals surface area contributed by atoms with Crippen LogP contribution in [0.3, 0.4) is 0 Å². The number of benzene rings is 1. The normalized spacial score (nSPS) is 15.5. The monoisotopic (exact) mass is 424 g/mol. The van der Waals surface area contributed by atoms with Gasteiger partial charge in [-0.1, -0.05) is 9.95 Å². The van der Waals surface area contributed by atoms with Crippen LogP contribution in [0.5, 0.6) is 0 Å². The van der Waals surface area contributed by atoms with E-state index in [-0.39, 0.29) is 16.5 Å². The summed E-state index contributed by atoms with van der Waals surface area (Å²) in [5.74, 6) is -0.792. The van der Waals surface area contributed by atoms with Gasteiger partial charge in [-0.3, -0.25) is 4.98 Å². The highest BCUT2D eigenvalue weighted by molar-refractivity contribution is 5.96. The number of oxime groups is 1. The summed E-state index contributed by atoms with van der Waals surface area (Å²) in [7, 11) is 0. The summed E-state index contributed by atoms with van der Waals surface area (Å²) in [5.41, 5.74) is 1.69. The second-order valence-electron chi connectivity index (χ2n) is 7.72. The van der Waals surface area contributed by atoms with E-state index in [0.29, 0.717) is 29.6 Å². The molecule has 1 fully saturated rings. The maximum absolute atomic E-state index is 15.2. The molecule has 1 unspecified atom stereocenters. The number of tetrazole rings is 1. The largest absolute Gasteiger partial charge is 0.395 e. The lowest BCUT2D eigenvalue weighted by Crippen LogP contribution is -2.48. The van der Waals surface area contributed by atoms with E-state index in [1.807, 2.05) is 0 Å². The number of halogens is 2. The Morgan fingerprint density at radius 2 is 2.16 bits per heavy atom. The molecule has 8 nitrogen and oxygen atoms in total. The van der Waals surface area contributed by atoms with E-state index in [9.17, 15) is 4.39 Å². The third-order valence-electron chi connectivity index (χ3n) is 5.41. The van der Waals surface area contributed by atoms with Crippen LogP contribution in [-0.2, 0) is 4.84 Å². The van der Waals surface area contributed by atoms with Crippen molar-refractivity contribution in [3.8, 4) is 0 Å². The molecule has 10 heteroatoms. The van der Waals surface area contributed by atoms with E-state index >= 15 is 4.39 Å². The van der Waals surface area contributed by atoms with Crippen molar-refractivity contribution in [1.82, 2.24) is 25.0 Å². The number of hydrogen-bond donors (Lipinski definition) is 0. The molecule has 1 aliphatic carbocycles. The first-order chi connectivity index (χ1) is 15.0. The number of hydrogen-bond acceptors (Lipinski definition) is 6. The van der Waals surface area contributed by atoms with Gasteiger partial charge in [0.1, 0.15) is 24.0 Å². The Hall–Kier alpha value is -3.56. The number of aromatic nitrogens is 6. The van der Waals surface area contributed by atoms with Gasteiger partial charge in [0.05, 0.1) is 16.3 Å². The van der Waals surface area contributed by atoms with E-state index in [0.717, 1.165) is 0 Å². The van der Waals surface area contributed by atoms with Crippen molar-refractivity contribution in [3.63, 3.8) is 0 Å². The lowest BCUT2D eigenvalue weighted by molar-refractivity contribution is -0.831. The smallest absolute Gasteiger partial charge is 0.302 e. The molecule has 0 N–H and O–H groups in total. The van der Waals surface area contributed by atoms with Gasteiger partial charge in [0, 0.05) is 28.8 Å². The highest BCUT2D eigenvalue weighted by Crippen LogP contribution is 2.29. The molecule has 1 saturated carbocycles. The molecule has 3 aromatic heterocycles. The lowest BCUT2D eigenvalue weighted by atomic mass is 10.0. The first-order valence-corrected chi connectivity index (χ1v) is 10.1. The van der Waals surface area contributed by atoms with Crippen molar-refractivity contribution in [3.05, 3.63) is 59.4 Å². The van der Waals surface area contributed by atoms with Crippen molar-refractivity contribution >= 4 is 22.3 Å². The van der Waals surface area contributed by atoms with Gasteiger partial charge in [-0.2, -0.15) is 0 Å². The molecule has 3 heterocycles. The molecule has 1 atom stereocenters.